The van der Waals surface area contributed by atoms with Crippen LogP contribution in [0.4, 0.5) is 8.78 Å². The van der Waals surface area contributed by atoms with E-state index in [1.807, 2.05) is 30.3 Å². The molecule has 3 N–H and O–H groups in total. The molecule has 1 amide bonds. The Morgan fingerprint density at radius 3 is 2.67 bits per heavy atom. The van der Waals surface area contributed by atoms with Crippen LogP contribution in [-0.2, 0) is 4.79 Å². The molecular formula is C15H16F2N2O2. The second kappa shape index (κ2) is 6.49. The minimum absolute atomic E-state index is 0.325. The van der Waals surface area contributed by atoms with Crippen LogP contribution in [0, 0.1) is 0 Å². The number of nitrogens with two attached hydrogens (primary N) is 1. The van der Waals surface area contributed by atoms with E-state index in [4.69, 9.17) is 10.5 Å². The molecule has 0 bridgehead atoms. The average Bonchev–Trinajstić information content (AvgIpc) is 2.51. The predicted octanol–water partition coefficient (Wildman–Crippen LogP) is 1.93. The van der Waals surface area contributed by atoms with Gasteiger partial charge in [0.2, 0.25) is 0 Å². The van der Waals surface area contributed by atoms with Gasteiger partial charge in [0, 0.05) is 5.39 Å². The van der Waals surface area contributed by atoms with Crippen LogP contribution in [0.3, 0.4) is 0 Å². The lowest BCUT2D eigenvalue weighted by atomic mass is 10.1. The van der Waals surface area contributed by atoms with E-state index < -0.39 is 24.9 Å². The third-order valence-electron chi connectivity index (χ3n) is 2.95. The summed E-state index contributed by atoms with van der Waals surface area (Å²) < 4.78 is 31.2. The normalized spacial score (nSPS) is 11.4. The zero-order valence-electron chi connectivity index (χ0n) is 11.3. The fraction of sp³-hybridized carbons (Fsp3) is 0.267. The molecule has 0 spiro atoms. The number of hydrogen-bond donors (Lipinski definition) is 2. The molecule has 2 aromatic rings. The van der Waals surface area contributed by atoms with E-state index in [1.165, 1.54) is 0 Å². The highest BCUT2D eigenvalue weighted by Crippen LogP contribution is 2.24. The largest absolute Gasteiger partial charge is 0.483 e. The lowest BCUT2D eigenvalue weighted by molar-refractivity contribution is -0.124. The molecule has 6 heteroatoms. The molecule has 2 rings (SSSR count). The first-order chi connectivity index (χ1) is 10.0. The summed E-state index contributed by atoms with van der Waals surface area (Å²) in [5, 5.41) is 3.94. The number of nitrogens with one attached hydrogen (secondary N) is 1. The highest BCUT2D eigenvalue weighted by molar-refractivity contribution is 5.88. The second-order valence-corrected chi connectivity index (χ2v) is 4.60. The van der Waals surface area contributed by atoms with Crippen molar-refractivity contribution >= 4 is 16.7 Å². The Kier molecular flexibility index (Phi) is 4.70. The van der Waals surface area contributed by atoms with Crippen molar-refractivity contribution in [3.05, 3.63) is 42.5 Å². The van der Waals surface area contributed by atoms with Gasteiger partial charge in [0.05, 0.1) is 13.1 Å². The van der Waals surface area contributed by atoms with E-state index in [2.05, 4.69) is 5.32 Å². The number of carbonyl (C=O) groups is 1. The van der Waals surface area contributed by atoms with Crippen molar-refractivity contribution in [3.63, 3.8) is 0 Å². The Morgan fingerprint density at radius 1 is 1.19 bits per heavy atom. The smallest absolute Gasteiger partial charge is 0.277 e. The van der Waals surface area contributed by atoms with Crippen LogP contribution in [0.5, 0.6) is 5.75 Å². The van der Waals surface area contributed by atoms with Gasteiger partial charge in [0.1, 0.15) is 5.75 Å². The monoisotopic (exact) mass is 294 g/mol. The Balaban J connectivity index is 1.94. The van der Waals surface area contributed by atoms with Crippen molar-refractivity contribution in [1.82, 2.24) is 5.32 Å². The molecule has 0 unspecified atom stereocenters. The first kappa shape index (κ1) is 15.2. The average molecular weight is 294 g/mol. The standard InChI is InChI=1S/C15H16F2N2O2/c16-15(17,9-18)10-19-14(20)8-21-13-7-3-5-11-4-1-2-6-12(11)13/h1-7H,8-10,18H2,(H,19,20). The molecule has 4 nitrogen and oxygen atoms in total. The maximum atomic E-state index is 12.9. The summed E-state index contributed by atoms with van der Waals surface area (Å²) in [7, 11) is 0. The molecule has 0 aliphatic rings. The van der Waals surface area contributed by atoms with Crippen LogP contribution >= 0.6 is 0 Å². The van der Waals surface area contributed by atoms with Gasteiger partial charge in [-0.25, -0.2) is 8.78 Å². The summed E-state index contributed by atoms with van der Waals surface area (Å²) in [6.07, 6.45) is 0. The van der Waals surface area contributed by atoms with E-state index >= 15 is 0 Å². The van der Waals surface area contributed by atoms with Crippen molar-refractivity contribution in [3.8, 4) is 5.75 Å². The Morgan fingerprint density at radius 2 is 1.90 bits per heavy atom. The fourth-order valence-corrected chi connectivity index (χ4v) is 1.82. The summed E-state index contributed by atoms with van der Waals surface area (Å²) >= 11 is 0. The van der Waals surface area contributed by atoms with Crippen LogP contribution in [-0.4, -0.2) is 31.5 Å². The molecule has 0 fully saturated rings. The van der Waals surface area contributed by atoms with Crippen molar-refractivity contribution in [1.29, 1.82) is 0 Å². The van der Waals surface area contributed by atoms with E-state index in [0.717, 1.165) is 10.8 Å². The summed E-state index contributed by atoms with van der Waals surface area (Å²) in [6.45, 7) is -1.92. The number of hydrogen-bond acceptors (Lipinski definition) is 3. The number of ether oxygens (including phenoxy) is 1. The number of benzene rings is 2. The number of halogens is 2. The van der Waals surface area contributed by atoms with Gasteiger partial charge >= 0.3 is 0 Å². The predicted molar refractivity (Wildman–Crippen MR) is 76.5 cm³/mol. The molecule has 0 radical (unpaired) electrons. The molecule has 21 heavy (non-hydrogen) atoms. The highest BCUT2D eigenvalue weighted by atomic mass is 19.3. The van der Waals surface area contributed by atoms with E-state index in [-0.39, 0.29) is 6.61 Å². The number of carbonyl (C=O) groups excluding carboxylic acids is 1. The molecule has 0 saturated carbocycles. The molecule has 2 aromatic carbocycles. The van der Waals surface area contributed by atoms with Crippen LogP contribution in [0.15, 0.2) is 42.5 Å². The van der Waals surface area contributed by atoms with Gasteiger partial charge in [-0.05, 0) is 11.5 Å². The number of rotatable bonds is 6. The third kappa shape index (κ3) is 4.13. The van der Waals surface area contributed by atoms with E-state index in [9.17, 15) is 13.6 Å². The Hall–Kier alpha value is -2.21. The number of fused-ring (bicyclic) bond motifs is 1. The van der Waals surface area contributed by atoms with Gasteiger partial charge in [-0.2, -0.15) is 0 Å². The van der Waals surface area contributed by atoms with Crippen LogP contribution in [0.2, 0.25) is 0 Å². The van der Waals surface area contributed by atoms with Gasteiger partial charge in [0.15, 0.2) is 6.61 Å². The topological polar surface area (TPSA) is 64.3 Å². The van der Waals surface area contributed by atoms with Gasteiger partial charge in [-0.1, -0.05) is 36.4 Å². The van der Waals surface area contributed by atoms with Gasteiger partial charge in [-0.15, -0.1) is 0 Å². The minimum Gasteiger partial charge on any atom is -0.483 e. The summed E-state index contributed by atoms with van der Waals surface area (Å²) in [5.74, 6) is -3.18. The van der Waals surface area contributed by atoms with Crippen LogP contribution in [0.1, 0.15) is 0 Å². The maximum absolute atomic E-state index is 12.9. The lowest BCUT2D eigenvalue weighted by Crippen LogP contribution is -2.43. The third-order valence-corrected chi connectivity index (χ3v) is 2.95. The number of amides is 1. The van der Waals surface area contributed by atoms with E-state index in [0.29, 0.717) is 5.75 Å². The molecule has 0 atom stereocenters. The highest BCUT2D eigenvalue weighted by Gasteiger charge is 2.27. The summed E-state index contributed by atoms with van der Waals surface area (Å²) in [4.78, 5) is 11.5. The van der Waals surface area contributed by atoms with Crippen molar-refractivity contribution < 1.29 is 18.3 Å². The van der Waals surface area contributed by atoms with Crippen LogP contribution in [0.25, 0.3) is 10.8 Å². The number of alkyl halides is 2. The zero-order valence-corrected chi connectivity index (χ0v) is 11.3. The SMILES string of the molecule is NCC(F)(F)CNC(=O)COc1cccc2ccccc12. The molecule has 0 saturated heterocycles. The Labute approximate surface area is 120 Å². The molecule has 0 aliphatic carbocycles. The summed E-state index contributed by atoms with van der Waals surface area (Å²) in [5.41, 5.74) is 4.89. The van der Waals surface area contributed by atoms with Gasteiger partial charge in [-0.3, -0.25) is 4.79 Å². The molecule has 0 aliphatic heterocycles. The molecular weight excluding hydrogens is 278 g/mol. The van der Waals surface area contributed by atoms with Gasteiger partial charge < -0.3 is 15.8 Å². The van der Waals surface area contributed by atoms with Crippen LogP contribution < -0.4 is 15.8 Å². The molecule has 0 aromatic heterocycles. The molecule has 112 valence electrons. The second-order valence-electron chi connectivity index (χ2n) is 4.60. The van der Waals surface area contributed by atoms with E-state index in [1.54, 1.807) is 12.1 Å². The Bertz CT molecular complexity index is 627. The lowest BCUT2D eigenvalue weighted by Gasteiger charge is -2.15. The van der Waals surface area contributed by atoms with Crippen molar-refractivity contribution in [2.45, 2.75) is 5.92 Å². The first-order valence-electron chi connectivity index (χ1n) is 6.47. The zero-order chi connectivity index (χ0) is 15.3. The minimum atomic E-state index is -3.10. The van der Waals surface area contributed by atoms with Crippen molar-refractivity contribution in [2.24, 2.45) is 5.73 Å². The summed E-state index contributed by atoms with van der Waals surface area (Å²) in [6, 6.07) is 13.0. The maximum Gasteiger partial charge on any atom is 0.277 e. The quantitative estimate of drug-likeness (QED) is 0.855. The van der Waals surface area contributed by atoms with Gasteiger partial charge in [0.25, 0.3) is 11.8 Å². The first-order valence-corrected chi connectivity index (χ1v) is 6.47. The fourth-order valence-electron chi connectivity index (χ4n) is 1.82. The van der Waals surface area contributed by atoms with Crippen molar-refractivity contribution in [2.75, 3.05) is 19.7 Å². The molecule has 0 heterocycles.